The number of H-pyrrole nitrogens is 1. The Morgan fingerprint density at radius 1 is 1.09 bits per heavy atom. The predicted octanol–water partition coefficient (Wildman–Crippen LogP) is 4.09. The number of hydrogen-bond donors (Lipinski definition) is 1. The number of nitrogens with zero attached hydrogens (tertiary/aromatic N) is 3. The van der Waals surface area contributed by atoms with Crippen molar-refractivity contribution < 1.29 is 13.2 Å². The summed E-state index contributed by atoms with van der Waals surface area (Å²) in [5.74, 6) is 0. The zero-order chi connectivity index (χ0) is 15.7. The van der Waals surface area contributed by atoms with E-state index in [9.17, 15) is 13.2 Å². The highest BCUT2D eigenvalue weighted by Gasteiger charge is 2.30. The van der Waals surface area contributed by atoms with Gasteiger partial charge in [-0.05, 0) is 29.8 Å². The minimum atomic E-state index is -4.38. The van der Waals surface area contributed by atoms with Crippen LogP contribution in [0.4, 0.5) is 13.2 Å². The third-order valence-corrected chi connectivity index (χ3v) is 4.11. The first-order chi connectivity index (χ1) is 10.5. The van der Waals surface area contributed by atoms with Gasteiger partial charge in [0, 0.05) is 4.88 Å². The van der Waals surface area contributed by atoms with Crippen LogP contribution in [-0.2, 0) is 6.18 Å². The quantitative estimate of drug-likeness (QED) is 0.773. The Kier molecular flexibility index (Phi) is 3.42. The molecule has 3 rings (SSSR count). The number of nitriles is 1. The number of thiophene rings is 1. The average Bonchev–Trinajstić information content (AvgIpc) is 3.15. The second-order valence-corrected chi connectivity index (χ2v) is 5.46. The van der Waals surface area contributed by atoms with Crippen LogP contribution in [0, 0.1) is 11.3 Å². The Morgan fingerprint density at radius 3 is 2.59 bits per heavy atom. The molecule has 0 saturated heterocycles. The molecule has 0 saturated carbocycles. The van der Waals surface area contributed by atoms with Crippen LogP contribution < -0.4 is 0 Å². The van der Waals surface area contributed by atoms with Gasteiger partial charge in [0.1, 0.15) is 11.8 Å². The second kappa shape index (κ2) is 5.27. The highest BCUT2D eigenvalue weighted by molar-refractivity contribution is 7.18. The summed E-state index contributed by atoms with van der Waals surface area (Å²) in [6.07, 6.45) is -4.38. The SMILES string of the molecule is N#Cc1n[nH]nc1-c1ccc(-c2cccc(C(F)(F)F)c2)s1. The first-order valence-corrected chi connectivity index (χ1v) is 6.89. The molecule has 22 heavy (non-hydrogen) atoms. The van der Waals surface area contributed by atoms with Crippen molar-refractivity contribution in [2.24, 2.45) is 0 Å². The average molecular weight is 320 g/mol. The van der Waals surface area contributed by atoms with Crippen LogP contribution in [0.25, 0.3) is 21.0 Å². The summed E-state index contributed by atoms with van der Waals surface area (Å²) in [5.41, 5.74) is 0.315. The Hall–Kier alpha value is -2.66. The predicted molar refractivity (Wildman–Crippen MR) is 74.8 cm³/mol. The van der Waals surface area contributed by atoms with Crippen LogP contribution in [0.2, 0.25) is 0 Å². The molecule has 0 amide bonds. The standard InChI is InChI=1S/C14H7F3N4S/c15-14(16,17)9-3-1-2-8(6-9)11-4-5-12(22-11)13-10(7-18)19-21-20-13/h1-6H,(H,19,20,21). The fourth-order valence-electron chi connectivity index (χ4n) is 1.95. The molecule has 0 radical (unpaired) electrons. The lowest BCUT2D eigenvalue weighted by Gasteiger charge is -2.07. The first kappa shape index (κ1) is 14.3. The summed E-state index contributed by atoms with van der Waals surface area (Å²) >= 11 is 1.25. The molecule has 1 aromatic carbocycles. The number of halogens is 3. The third-order valence-electron chi connectivity index (χ3n) is 2.97. The smallest absolute Gasteiger partial charge is 0.196 e. The van der Waals surface area contributed by atoms with E-state index < -0.39 is 11.7 Å². The van der Waals surface area contributed by atoms with Crippen molar-refractivity contribution in [1.82, 2.24) is 15.4 Å². The molecule has 2 heterocycles. The Bertz CT molecular complexity index is 857. The maximum Gasteiger partial charge on any atom is 0.416 e. The molecule has 110 valence electrons. The van der Waals surface area contributed by atoms with Crippen LogP contribution in [0.5, 0.6) is 0 Å². The van der Waals surface area contributed by atoms with Gasteiger partial charge in [0.25, 0.3) is 0 Å². The number of benzene rings is 1. The van der Waals surface area contributed by atoms with Crippen molar-refractivity contribution in [2.45, 2.75) is 6.18 Å². The van der Waals surface area contributed by atoms with Gasteiger partial charge in [0.2, 0.25) is 0 Å². The minimum Gasteiger partial charge on any atom is -0.196 e. The van der Waals surface area contributed by atoms with E-state index >= 15 is 0 Å². The van der Waals surface area contributed by atoms with Crippen LogP contribution in [0.3, 0.4) is 0 Å². The minimum absolute atomic E-state index is 0.150. The molecule has 0 fully saturated rings. The molecule has 8 heteroatoms. The van der Waals surface area contributed by atoms with Crippen molar-refractivity contribution in [1.29, 1.82) is 5.26 Å². The molecular weight excluding hydrogens is 313 g/mol. The first-order valence-electron chi connectivity index (χ1n) is 6.08. The van der Waals surface area contributed by atoms with E-state index in [0.29, 0.717) is 21.0 Å². The molecule has 2 aromatic heterocycles. The van der Waals surface area contributed by atoms with Gasteiger partial charge in [-0.1, -0.05) is 12.1 Å². The van der Waals surface area contributed by atoms with E-state index in [4.69, 9.17) is 5.26 Å². The Labute approximate surface area is 126 Å². The molecule has 0 aliphatic rings. The van der Waals surface area contributed by atoms with Crippen molar-refractivity contribution in [3.63, 3.8) is 0 Å². The maximum absolute atomic E-state index is 12.8. The summed E-state index contributed by atoms with van der Waals surface area (Å²) in [4.78, 5) is 1.32. The summed E-state index contributed by atoms with van der Waals surface area (Å²) in [6.45, 7) is 0. The van der Waals surface area contributed by atoms with E-state index in [-0.39, 0.29) is 5.69 Å². The van der Waals surface area contributed by atoms with Crippen LogP contribution in [0.1, 0.15) is 11.3 Å². The third kappa shape index (κ3) is 2.58. The fourth-order valence-corrected chi connectivity index (χ4v) is 2.94. The molecule has 0 atom stereocenters. The van der Waals surface area contributed by atoms with Crippen LogP contribution >= 0.6 is 11.3 Å². The fraction of sp³-hybridized carbons (Fsp3) is 0.0714. The van der Waals surface area contributed by atoms with Gasteiger partial charge < -0.3 is 0 Å². The summed E-state index contributed by atoms with van der Waals surface area (Å²) in [6, 6.07) is 10.4. The van der Waals surface area contributed by atoms with Gasteiger partial charge in [0.15, 0.2) is 5.69 Å². The lowest BCUT2D eigenvalue weighted by Crippen LogP contribution is -2.04. The normalized spacial score (nSPS) is 11.4. The topological polar surface area (TPSA) is 65.4 Å². The lowest BCUT2D eigenvalue weighted by atomic mass is 10.1. The molecule has 1 N–H and O–H groups in total. The van der Waals surface area contributed by atoms with Crippen LogP contribution in [-0.4, -0.2) is 15.4 Å². The van der Waals surface area contributed by atoms with Crippen LogP contribution in [0.15, 0.2) is 36.4 Å². The van der Waals surface area contributed by atoms with Gasteiger partial charge in [-0.3, -0.25) is 0 Å². The monoisotopic (exact) mass is 320 g/mol. The molecule has 0 spiro atoms. The van der Waals surface area contributed by atoms with Gasteiger partial charge in [-0.15, -0.1) is 16.4 Å². The summed E-state index contributed by atoms with van der Waals surface area (Å²) in [5, 5.41) is 18.9. The number of aromatic nitrogens is 3. The molecule has 3 aromatic rings. The number of alkyl halides is 3. The van der Waals surface area contributed by atoms with E-state index in [1.54, 1.807) is 18.2 Å². The van der Waals surface area contributed by atoms with Crippen molar-refractivity contribution >= 4 is 11.3 Å². The zero-order valence-corrected chi connectivity index (χ0v) is 11.7. The lowest BCUT2D eigenvalue weighted by molar-refractivity contribution is -0.137. The van der Waals surface area contributed by atoms with E-state index in [2.05, 4.69) is 15.4 Å². The molecule has 0 aliphatic carbocycles. The van der Waals surface area contributed by atoms with E-state index in [1.807, 2.05) is 6.07 Å². The van der Waals surface area contributed by atoms with E-state index in [1.165, 1.54) is 17.4 Å². The Morgan fingerprint density at radius 2 is 1.86 bits per heavy atom. The number of nitrogens with one attached hydrogen (secondary N) is 1. The molecule has 0 unspecified atom stereocenters. The second-order valence-electron chi connectivity index (χ2n) is 4.38. The number of hydrogen-bond acceptors (Lipinski definition) is 4. The maximum atomic E-state index is 12.8. The molecular formula is C14H7F3N4S. The Balaban J connectivity index is 2.00. The molecule has 0 aliphatic heterocycles. The number of aromatic amines is 1. The van der Waals surface area contributed by atoms with Crippen molar-refractivity contribution in [3.05, 3.63) is 47.7 Å². The molecule has 4 nitrogen and oxygen atoms in total. The van der Waals surface area contributed by atoms with Gasteiger partial charge >= 0.3 is 6.18 Å². The van der Waals surface area contributed by atoms with Crippen molar-refractivity contribution in [3.8, 4) is 27.1 Å². The zero-order valence-electron chi connectivity index (χ0n) is 10.8. The van der Waals surface area contributed by atoms with Gasteiger partial charge in [-0.25, -0.2) is 0 Å². The largest absolute Gasteiger partial charge is 0.416 e. The summed E-state index contributed by atoms with van der Waals surface area (Å²) in [7, 11) is 0. The summed E-state index contributed by atoms with van der Waals surface area (Å²) < 4.78 is 38.3. The van der Waals surface area contributed by atoms with E-state index in [0.717, 1.165) is 12.1 Å². The van der Waals surface area contributed by atoms with Gasteiger partial charge in [0.05, 0.1) is 10.4 Å². The number of rotatable bonds is 2. The van der Waals surface area contributed by atoms with Crippen molar-refractivity contribution in [2.75, 3.05) is 0 Å². The molecule has 0 bridgehead atoms. The highest BCUT2D eigenvalue weighted by Crippen LogP contribution is 2.37. The highest BCUT2D eigenvalue weighted by atomic mass is 32.1. The van der Waals surface area contributed by atoms with Gasteiger partial charge in [-0.2, -0.15) is 28.7 Å².